The number of halogens is 2. The molecule has 7 heteroatoms. The molecule has 0 aliphatic heterocycles. The molecule has 1 heterocycles. The Kier molecular flexibility index (Phi) is 4.72. The van der Waals surface area contributed by atoms with Crippen LogP contribution in [-0.4, -0.2) is 14.8 Å². The summed E-state index contributed by atoms with van der Waals surface area (Å²) < 4.78 is 29.0. The molecular weight excluding hydrogens is 282 g/mol. The summed E-state index contributed by atoms with van der Waals surface area (Å²) in [6, 6.07) is 3.98. The van der Waals surface area contributed by atoms with E-state index in [2.05, 4.69) is 10.2 Å². The molecule has 0 aliphatic rings. The van der Waals surface area contributed by atoms with Gasteiger partial charge in [-0.25, -0.2) is 8.78 Å². The first-order valence-electron chi connectivity index (χ1n) is 6.24. The Bertz CT molecular complexity index is 578. The van der Waals surface area contributed by atoms with E-state index in [-0.39, 0.29) is 23.9 Å². The quantitative estimate of drug-likeness (QED) is 0.862. The Labute approximate surface area is 120 Å². The second-order valence-corrected chi connectivity index (χ2v) is 5.50. The normalized spacial score (nSPS) is 11.3. The lowest BCUT2D eigenvalue weighted by Gasteiger charge is -2.13. The topological polar surface area (TPSA) is 56.7 Å². The fourth-order valence-corrected chi connectivity index (χ4v) is 2.97. The minimum absolute atomic E-state index is 0.0464. The third-order valence-electron chi connectivity index (χ3n) is 2.84. The molecule has 1 aromatic heterocycles. The van der Waals surface area contributed by atoms with Gasteiger partial charge in [-0.3, -0.25) is 0 Å². The molecule has 108 valence electrons. The molecule has 20 heavy (non-hydrogen) atoms. The molecule has 2 N–H and O–H groups in total. The zero-order valence-corrected chi connectivity index (χ0v) is 12.1. The predicted molar refractivity (Wildman–Crippen MR) is 74.2 cm³/mol. The fraction of sp³-hybridized carbons (Fsp3) is 0.385. The molecule has 2 rings (SSSR count). The van der Waals surface area contributed by atoms with Crippen LogP contribution in [0.25, 0.3) is 0 Å². The Morgan fingerprint density at radius 1 is 1.25 bits per heavy atom. The second kappa shape index (κ2) is 6.32. The smallest absolute Gasteiger partial charge is 0.191 e. The Hall–Kier alpha value is -1.47. The monoisotopic (exact) mass is 298 g/mol. The predicted octanol–water partition coefficient (Wildman–Crippen LogP) is 2.89. The van der Waals surface area contributed by atoms with E-state index in [0.29, 0.717) is 11.0 Å². The van der Waals surface area contributed by atoms with Crippen molar-refractivity contribution < 1.29 is 8.78 Å². The largest absolute Gasteiger partial charge is 0.324 e. The molecule has 0 radical (unpaired) electrons. The van der Waals surface area contributed by atoms with E-state index in [1.807, 2.05) is 18.4 Å². The fourth-order valence-electron chi connectivity index (χ4n) is 1.87. The van der Waals surface area contributed by atoms with Crippen LogP contribution in [0, 0.1) is 11.6 Å². The first-order chi connectivity index (χ1) is 9.54. The van der Waals surface area contributed by atoms with Crippen LogP contribution in [0.1, 0.15) is 31.3 Å². The highest BCUT2D eigenvalue weighted by Crippen LogP contribution is 2.27. The Morgan fingerprint density at radius 3 is 2.45 bits per heavy atom. The van der Waals surface area contributed by atoms with Crippen molar-refractivity contribution in [2.75, 3.05) is 0 Å². The lowest BCUT2D eigenvalue weighted by atomic mass is 10.2. The van der Waals surface area contributed by atoms with Crippen molar-refractivity contribution in [1.29, 1.82) is 0 Å². The summed E-state index contributed by atoms with van der Waals surface area (Å²) >= 11 is 1.25. The summed E-state index contributed by atoms with van der Waals surface area (Å²) in [6.07, 6.45) is 0. The highest BCUT2D eigenvalue weighted by Gasteiger charge is 2.16. The van der Waals surface area contributed by atoms with Crippen molar-refractivity contribution in [1.82, 2.24) is 14.8 Å². The van der Waals surface area contributed by atoms with Crippen LogP contribution in [-0.2, 0) is 12.3 Å². The van der Waals surface area contributed by atoms with Gasteiger partial charge in [0.25, 0.3) is 0 Å². The highest BCUT2D eigenvalue weighted by molar-refractivity contribution is 7.98. The van der Waals surface area contributed by atoms with E-state index in [0.717, 1.165) is 0 Å². The number of thioether (sulfide) groups is 1. The van der Waals surface area contributed by atoms with E-state index in [1.54, 1.807) is 0 Å². The van der Waals surface area contributed by atoms with E-state index in [4.69, 9.17) is 5.73 Å². The average Bonchev–Trinajstić information content (AvgIpc) is 2.81. The van der Waals surface area contributed by atoms with Gasteiger partial charge in [0.1, 0.15) is 17.5 Å². The van der Waals surface area contributed by atoms with Crippen LogP contribution in [0.4, 0.5) is 8.78 Å². The number of hydrogen-bond acceptors (Lipinski definition) is 4. The molecule has 4 nitrogen and oxygen atoms in total. The van der Waals surface area contributed by atoms with Crippen molar-refractivity contribution in [3.63, 3.8) is 0 Å². The summed E-state index contributed by atoms with van der Waals surface area (Å²) in [6.45, 7) is 4.24. The van der Waals surface area contributed by atoms with Crippen molar-refractivity contribution in [3.05, 3.63) is 41.2 Å². The van der Waals surface area contributed by atoms with Crippen molar-refractivity contribution >= 4 is 11.8 Å². The summed E-state index contributed by atoms with van der Waals surface area (Å²) in [5.74, 6) is -0.274. The number of aromatic nitrogens is 3. The Morgan fingerprint density at radius 2 is 1.90 bits per heavy atom. The minimum atomic E-state index is -0.549. The van der Waals surface area contributed by atoms with Crippen LogP contribution in [0.3, 0.4) is 0 Å². The maximum absolute atomic E-state index is 13.6. The molecular formula is C13H16F2N4S. The molecule has 0 saturated heterocycles. The van der Waals surface area contributed by atoms with Crippen LogP contribution in [0.15, 0.2) is 23.4 Å². The molecule has 0 saturated carbocycles. The maximum Gasteiger partial charge on any atom is 0.191 e. The number of benzene rings is 1. The summed E-state index contributed by atoms with van der Waals surface area (Å²) in [5, 5.41) is 8.64. The van der Waals surface area contributed by atoms with Crippen LogP contribution >= 0.6 is 11.8 Å². The van der Waals surface area contributed by atoms with Gasteiger partial charge in [0.15, 0.2) is 5.16 Å². The van der Waals surface area contributed by atoms with Gasteiger partial charge in [0, 0.05) is 17.4 Å². The van der Waals surface area contributed by atoms with Gasteiger partial charge in [-0.15, -0.1) is 10.2 Å². The lowest BCUT2D eigenvalue weighted by molar-refractivity contribution is 0.525. The third kappa shape index (κ3) is 2.99. The molecule has 0 spiro atoms. The standard InChI is InChI=1S/C13H16F2N4S/c1-8(2)19-12(6-16)17-18-13(19)20-7-9-10(14)4-3-5-11(9)15/h3-5,8H,6-7,16H2,1-2H3. The Balaban J connectivity index is 2.21. The molecule has 2 aromatic rings. The highest BCUT2D eigenvalue weighted by atomic mass is 32.2. The van der Waals surface area contributed by atoms with Crippen LogP contribution in [0.5, 0.6) is 0 Å². The van der Waals surface area contributed by atoms with E-state index in [9.17, 15) is 8.78 Å². The number of nitrogens with two attached hydrogens (primary N) is 1. The molecule has 0 atom stereocenters. The molecule has 1 aromatic carbocycles. The maximum atomic E-state index is 13.6. The van der Waals surface area contributed by atoms with Gasteiger partial charge in [0.05, 0.1) is 6.54 Å². The van der Waals surface area contributed by atoms with Crippen LogP contribution in [0.2, 0.25) is 0 Å². The lowest BCUT2D eigenvalue weighted by Crippen LogP contribution is -2.11. The number of nitrogens with zero attached hydrogens (tertiary/aromatic N) is 3. The van der Waals surface area contributed by atoms with E-state index < -0.39 is 11.6 Å². The SMILES string of the molecule is CC(C)n1c(CN)nnc1SCc1c(F)cccc1F. The van der Waals surface area contributed by atoms with Crippen molar-refractivity contribution in [2.45, 2.75) is 37.3 Å². The van der Waals surface area contributed by atoms with Gasteiger partial charge in [-0.05, 0) is 26.0 Å². The zero-order valence-electron chi connectivity index (χ0n) is 11.3. The second-order valence-electron chi connectivity index (χ2n) is 4.56. The van der Waals surface area contributed by atoms with Crippen LogP contribution < -0.4 is 5.73 Å². The van der Waals surface area contributed by atoms with E-state index in [1.165, 1.54) is 30.0 Å². The minimum Gasteiger partial charge on any atom is -0.324 e. The van der Waals surface area contributed by atoms with Gasteiger partial charge in [0.2, 0.25) is 0 Å². The van der Waals surface area contributed by atoms with E-state index >= 15 is 0 Å². The van der Waals surface area contributed by atoms with Gasteiger partial charge in [-0.2, -0.15) is 0 Å². The molecule has 0 aliphatic carbocycles. The zero-order chi connectivity index (χ0) is 14.7. The third-order valence-corrected chi connectivity index (χ3v) is 3.81. The molecule has 0 unspecified atom stereocenters. The average molecular weight is 298 g/mol. The molecule has 0 bridgehead atoms. The van der Waals surface area contributed by atoms with Gasteiger partial charge in [-0.1, -0.05) is 17.8 Å². The van der Waals surface area contributed by atoms with Crippen molar-refractivity contribution in [2.24, 2.45) is 5.73 Å². The molecule has 0 amide bonds. The van der Waals surface area contributed by atoms with Gasteiger partial charge >= 0.3 is 0 Å². The van der Waals surface area contributed by atoms with Crippen molar-refractivity contribution in [3.8, 4) is 0 Å². The summed E-state index contributed by atoms with van der Waals surface area (Å²) in [7, 11) is 0. The molecule has 0 fully saturated rings. The summed E-state index contributed by atoms with van der Waals surface area (Å²) in [5.41, 5.74) is 5.65. The first-order valence-corrected chi connectivity index (χ1v) is 7.22. The number of rotatable bonds is 5. The van der Waals surface area contributed by atoms with Gasteiger partial charge < -0.3 is 10.3 Å². The summed E-state index contributed by atoms with van der Waals surface area (Å²) in [4.78, 5) is 0. The number of hydrogen-bond donors (Lipinski definition) is 1. The first kappa shape index (κ1) is 14.9.